The van der Waals surface area contributed by atoms with Crippen molar-refractivity contribution in [2.24, 2.45) is 5.41 Å². The first-order valence-corrected chi connectivity index (χ1v) is 6.62. The molecule has 1 aliphatic carbocycles. The van der Waals surface area contributed by atoms with Crippen molar-refractivity contribution in [2.45, 2.75) is 77.1 Å². The minimum Gasteiger partial charge on any atom is -0.366 e. The van der Waals surface area contributed by atoms with Gasteiger partial charge in [0.05, 0.1) is 0 Å². The Morgan fingerprint density at radius 1 is 1.07 bits per heavy atom. The van der Waals surface area contributed by atoms with Crippen molar-refractivity contribution in [2.75, 3.05) is 0 Å². The molecule has 2 aliphatic rings. The van der Waals surface area contributed by atoms with Gasteiger partial charge in [-0.25, -0.2) is 0 Å². The molecule has 2 rings (SSSR count). The molecule has 2 fully saturated rings. The van der Waals surface area contributed by atoms with Crippen LogP contribution in [0.3, 0.4) is 0 Å². The Balaban J connectivity index is 1.99. The van der Waals surface area contributed by atoms with E-state index in [1.54, 1.807) is 0 Å². The Hall–Kier alpha value is -0.0800. The summed E-state index contributed by atoms with van der Waals surface area (Å²) in [4.78, 5) is 0. The monoisotopic (exact) mass is 212 g/mol. The summed E-state index contributed by atoms with van der Waals surface area (Å²) in [6, 6.07) is 0. The highest BCUT2D eigenvalue weighted by Gasteiger charge is 2.52. The van der Waals surface area contributed by atoms with Gasteiger partial charge in [0.2, 0.25) is 0 Å². The molecule has 1 saturated heterocycles. The Morgan fingerprint density at radius 2 is 1.53 bits per heavy atom. The lowest BCUT2D eigenvalue weighted by molar-refractivity contribution is 0.143. The van der Waals surface area contributed by atoms with Crippen LogP contribution >= 0.6 is 0 Å². The molecule has 0 amide bonds. The van der Waals surface area contributed by atoms with Crippen molar-refractivity contribution >= 4 is 0 Å². The van der Waals surface area contributed by atoms with E-state index in [2.05, 4.69) is 6.92 Å². The van der Waals surface area contributed by atoms with E-state index in [-0.39, 0.29) is 6.10 Å². The molecule has 0 aromatic rings. The maximum Gasteiger partial charge on any atom is 0.182 e. The summed E-state index contributed by atoms with van der Waals surface area (Å²) < 4.78 is 5.34. The third kappa shape index (κ3) is 2.54. The molecule has 1 saturated carbocycles. The molecule has 0 bridgehead atoms. The third-order valence-electron chi connectivity index (χ3n) is 4.38. The van der Waals surface area contributed by atoms with E-state index in [1.807, 2.05) is 0 Å². The molecule has 15 heavy (non-hydrogen) atoms. The fourth-order valence-corrected chi connectivity index (χ4v) is 3.18. The molecular formula is C13H24O2. The summed E-state index contributed by atoms with van der Waals surface area (Å²) >= 11 is 0. The predicted molar refractivity (Wildman–Crippen MR) is 60.5 cm³/mol. The highest BCUT2D eigenvalue weighted by molar-refractivity contribution is 4.95. The second-order valence-electron chi connectivity index (χ2n) is 5.28. The quantitative estimate of drug-likeness (QED) is 0.713. The molecule has 2 unspecified atom stereocenters. The first kappa shape index (κ1) is 11.4. The lowest BCUT2D eigenvalue weighted by Gasteiger charge is -2.31. The van der Waals surface area contributed by atoms with Crippen LogP contribution in [0.1, 0.15) is 64.7 Å². The van der Waals surface area contributed by atoms with Crippen LogP contribution in [0.15, 0.2) is 0 Å². The average molecular weight is 212 g/mol. The van der Waals surface area contributed by atoms with E-state index < -0.39 is 6.29 Å². The normalized spacial score (nSPS) is 36.4. The maximum absolute atomic E-state index is 9.49. The minimum atomic E-state index is -0.453. The largest absolute Gasteiger partial charge is 0.366 e. The average Bonchev–Trinajstić information content (AvgIpc) is 2.95. The van der Waals surface area contributed by atoms with Crippen LogP contribution in [0, 0.1) is 5.41 Å². The van der Waals surface area contributed by atoms with Crippen LogP contribution in [-0.4, -0.2) is 17.5 Å². The highest BCUT2D eigenvalue weighted by atomic mass is 16.7. The zero-order chi connectivity index (χ0) is 10.7. The van der Waals surface area contributed by atoms with Gasteiger partial charge in [-0.05, 0) is 19.3 Å². The van der Waals surface area contributed by atoms with Crippen molar-refractivity contribution < 1.29 is 9.84 Å². The lowest BCUT2D eigenvalue weighted by Crippen LogP contribution is -2.28. The summed E-state index contributed by atoms with van der Waals surface area (Å²) in [5.41, 5.74) is 0.295. The van der Waals surface area contributed by atoms with Gasteiger partial charge in [0, 0.05) is 5.41 Å². The molecule has 0 spiro atoms. The van der Waals surface area contributed by atoms with Crippen molar-refractivity contribution in [3.63, 3.8) is 0 Å². The standard InChI is InChI=1S/C13H24O2/c1-2-13(11-12(14)15-11)9-7-5-3-4-6-8-10-13/h11-12,14H,2-10H2,1H3. The van der Waals surface area contributed by atoms with Gasteiger partial charge in [0.15, 0.2) is 6.29 Å². The van der Waals surface area contributed by atoms with Crippen LogP contribution in [0.25, 0.3) is 0 Å². The molecule has 1 N–H and O–H groups in total. The van der Waals surface area contributed by atoms with E-state index in [0.29, 0.717) is 5.41 Å². The summed E-state index contributed by atoms with van der Waals surface area (Å²) in [6.07, 6.45) is 11.5. The van der Waals surface area contributed by atoms with E-state index in [1.165, 1.54) is 51.4 Å². The fraction of sp³-hybridized carbons (Fsp3) is 1.00. The molecule has 0 radical (unpaired) electrons. The van der Waals surface area contributed by atoms with Crippen LogP contribution < -0.4 is 0 Å². The summed E-state index contributed by atoms with van der Waals surface area (Å²) in [6.45, 7) is 2.26. The first-order chi connectivity index (χ1) is 7.28. The second kappa shape index (κ2) is 4.84. The maximum atomic E-state index is 9.49. The van der Waals surface area contributed by atoms with Gasteiger partial charge in [0.25, 0.3) is 0 Å². The van der Waals surface area contributed by atoms with Gasteiger partial charge in [-0.15, -0.1) is 0 Å². The number of aliphatic hydroxyl groups is 1. The number of epoxide rings is 1. The summed E-state index contributed by atoms with van der Waals surface area (Å²) in [7, 11) is 0. The second-order valence-corrected chi connectivity index (χ2v) is 5.28. The van der Waals surface area contributed by atoms with Gasteiger partial charge >= 0.3 is 0 Å². The molecule has 1 aliphatic heterocycles. The fourth-order valence-electron chi connectivity index (χ4n) is 3.18. The van der Waals surface area contributed by atoms with E-state index >= 15 is 0 Å². The number of rotatable bonds is 2. The van der Waals surface area contributed by atoms with Crippen LogP contribution in [0.5, 0.6) is 0 Å². The van der Waals surface area contributed by atoms with Crippen molar-refractivity contribution in [1.82, 2.24) is 0 Å². The van der Waals surface area contributed by atoms with Crippen LogP contribution in [0.4, 0.5) is 0 Å². The van der Waals surface area contributed by atoms with Crippen LogP contribution in [-0.2, 0) is 4.74 Å². The SMILES string of the molecule is CCC1(C2OC2O)CCCCCCCC1. The van der Waals surface area contributed by atoms with Crippen LogP contribution in [0.2, 0.25) is 0 Å². The highest BCUT2D eigenvalue weighted by Crippen LogP contribution is 2.48. The lowest BCUT2D eigenvalue weighted by atomic mass is 9.73. The minimum absolute atomic E-state index is 0.153. The van der Waals surface area contributed by atoms with Gasteiger partial charge in [-0.2, -0.15) is 0 Å². The van der Waals surface area contributed by atoms with Crippen molar-refractivity contribution in [3.05, 3.63) is 0 Å². The predicted octanol–water partition coefficient (Wildman–Crippen LogP) is 3.23. The molecule has 0 aromatic heterocycles. The third-order valence-corrected chi connectivity index (χ3v) is 4.38. The van der Waals surface area contributed by atoms with Crippen molar-refractivity contribution in [3.8, 4) is 0 Å². The molecule has 2 nitrogen and oxygen atoms in total. The van der Waals surface area contributed by atoms with E-state index in [0.717, 1.165) is 6.42 Å². The molecule has 2 heteroatoms. The Morgan fingerprint density at radius 3 is 1.93 bits per heavy atom. The van der Waals surface area contributed by atoms with E-state index in [9.17, 15) is 5.11 Å². The number of hydrogen-bond acceptors (Lipinski definition) is 2. The molecule has 2 atom stereocenters. The number of aliphatic hydroxyl groups excluding tert-OH is 1. The Labute approximate surface area is 93.0 Å². The first-order valence-electron chi connectivity index (χ1n) is 6.62. The Bertz CT molecular complexity index is 193. The Kier molecular flexibility index (Phi) is 3.68. The topological polar surface area (TPSA) is 32.8 Å². The number of hydrogen-bond donors (Lipinski definition) is 1. The molecule has 0 aromatic carbocycles. The van der Waals surface area contributed by atoms with Gasteiger partial charge in [0.1, 0.15) is 6.10 Å². The zero-order valence-corrected chi connectivity index (χ0v) is 9.87. The zero-order valence-electron chi connectivity index (χ0n) is 9.87. The molecule has 1 heterocycles. The number of ether oxygens (including phenoxy) is 1. The summed E-state index contributed by atoms with van der Waals surface area (Å²) in [5.74, 6) is 0. The van der Waals surface area contributed by atoms with Gasteiger partial charge in [-0.3, -0.25) is 0 Å². The molecule has 88 valence electrons. The van der Waals surface area contributed by atoms with Crippen molar-refractivity contribution in [1.29, 1.82) is 0 Å². The smallest absolute Gasteiger partial charge is 0.182 e. The summed E-state index contributed by atoms with van der Waals surface area (Å²) in [5, 5.41) is 9.49. The van der Waals surface area contributed by atoms with Gasteiger partial charge < -0.3 is 9.84 Å². The van der Waals surface area contributed by atoms with E-state index in [4.69, 9.17) is 4.74 Å². The van der Waals surface area contributed by atoms with Gasteiger partial charge in [-0.1, -0.05) is 45.4 Å². The molecular weight excluding hydrogens is 188 g/mol.